The number of benzene rings is 3. The van der Waals surface area contributed by atoms with Gasteiger partial charge in [-0.2, -0.15) is 0 Å². The third-order valence-corrected chi connectivity index (χ3v) is 8.05. The van der Waals surface area contributed by atoms with Crippen LogP contribution >= 0.6 is 11.6 Å². The van der Waals surface area contributed by atoms with Crippen LogP contribution in [0.5, 0.6) is 0 Å². The first-order valence-electron chi connectivity index (χ1n) is 11.1. The molecule has 3 aromatic carbocycles. The van der Waals surface area contributed by atoms with E-state index < -0.39 is 10.0 Å². The van der Waals surface area contributed by atoms with Crippen molar-refractivity contribution in [2.45, 2.75) is 43.5 Å². The van der Waals surface area contributed by atoms with Crippen molar-refractivity contribution in [1.29, 1.82) is 0 Å². The smallest absolute Gasteiger partial charge is 0.264 e. The molecular formula is C26H27ClN2O3S. The number of hydrogen-bond acceptors (Lipinski definition) is 3. The SMILES string of the molecule is C[C@@H](NC(=O)CCc1ccc(S(=O)(=O)N2CCCc3ccccc32)cc1)c1ccc(Cl)cc1. The third kappa shape index (κ3) is 5.40. The molecule has 1 amide bonds. The van der Waals surface area contributed by atoms with E-state index in [0.29, 0.717) is 24.4 Å². The van der Waals surface area contributed by atoms with Crippen LogP contribution in [0.3, 0.4) is 0 Å². The van der Waals surface area contributed by atoms with Crippen LogP contribution in [0.1, 0.15) is 42.5 Å². The maximum Gasteiger partial charge on any atom is 0.264 e. The Morgan fingerprint density at radius 2 is 1.73 bits per heavy atom. The largest absolute Gasteiger partial charge is 0.350 e. The molecule has 5 nitrogen and oxygen atoms in total. The zero-order chi connectivity index (χ0) is 23.4. The minimum atomic E-state index is -3.63. The van der Waals surface area contributed by atoms with Crippen molar-refractivity contribution in [1.82, 2.24) is 5.32 Å². The molecule has 0 aliphatic carbocycles. The van der Waals surface area contributed by atoms with Gasteiger partial charge >= 0.3 is 0 Å². The summed E-state index contributed by atoms with van der Waals surface area (Å²) >= 11 is 5.92. The van der Waals surface area contributed by atoms with Crippen LogP contribution < -0.4 is 9.62 Å². The molecule has 0 bridgehead atoms. The highest BCUT2D eigenvalue weighted by Gasteiger charge is 2.28. The van der Waals surface area contributed by atoms with Gasteiger partial charge in [-0.1, -0.05) is 54.1 Å². The van der Waals surface area contributed by atoms with E-state index in [1.165, 1.54) is 4.31 Å². The second-order valence-electron chi connectivity index (χ2n) is 8.29. The molecule has 0 unspecified atom stereocenters. The normalized spacial score (nSPS) is 14.4. The summed E-state index contributed by atoms with van der Waals surface area (Å²) in [6, 6.07) is 21.8. The first-order valence-corrected chi connectivity index (χ1v) is 12.9. The van der Waals surface area contributed by atoms with Gasteiger partial charge in [-0.3, -0.25) is 9.10 Å². The molecule has 4 rings (SSSR count). The van der Waals surface area contributed by atoms with Gasteiger partial charge < -0.3 is 5.32 Å². The van der Waals surface area contributed by atoms with E-state index in [4.69, 9.17) is 11.6 Å². The lowest BCUT2D eigenvalue weighted by molar-refractivity contribution is -0.121. The Balaban J connectivity index is 1.37. The summed E-state index contributed by atoms with van der Waals surface area (Å²) in [6.07, 6.45) is 2.55. The van der Waals surface area contributed by atoms with E-state index in [-0.39, 0.29) is 16.8 Å². The molecule has 0 radical (unpaired) electrons. The van der Waals surface area contributed by atoms with Crippen LogP contribution in [0.4, 0.5) is 5.69 Å². The van der Waals surface area contributed by atoms with E-state index in [1.807, 2.05) is 43.3 Å². The molecule has 1 heterocycles. The minimum Gasteiger partial charge on any atom is -0.350 e. The Morgan fingerprint density at radius 3 is 2.45 bits per heavy atom. The fourth-order valence-electron chi connectivity index (χ4n) is 4.11. The molecular weight excluding hydrogens is 456 g/mol. The number of carbonyl (C=O) groups is 1. The average molecular weight is 483 g/mol. The lowest BCUT2D eigenvalue weighted by atomic mass is 10.0. The van der Waals surface area contributed by atoms with Crippen molar-refractivity contribution < 1.29 is 13.2 Å². The number of amides is 1. The Morgan fingerprint density at radius 1 is 1.03 bits per heavy atom. The second kappa shape index (κ2) is 9.98. The highest BCUT2D eigenvalue weighted by atomic mass is 35.5. The first kappa shape index (κ1) is 23.3. The molecule has 0 aromatic heterocycles. The maximum atomic E-state index is 13.3. The number of sulfonamides is 1. The van der Waals surface area contributed by atoms with Gasteiger partial charge in [0.05, 0.1) is 16.6 Å². The number of halogens is 1. The number of carbonyl (C=O) groups excluding carboxylic acids is 1. The molecule has 0 spiro atoms. The van der Waals surface area contributed by atoms with Crippen molar-refractivity contribution >= 4 is 33.2 Å². The molecule has 7 heteroatoms. The number of para-hydroxylation sites is 1. The summed E-state index contributed by atoms with van der Waals surface area (Å²) in [7, 11) is -3.63. The number of anilines is 1. The highest BCUT2D eigenvalue weighted by molar-refractivity contribution is 7.92. The molecule has 3 aromatic rings. The van der Waals surface area contributed by atoms with E-state index in [1.54, 1.807) is 36.4 Å². The number of nitrogens with zero attached hydrogens (tertiary/aromatic N) is 1. The number of rotatable bonds is 7. The van der Waals surface area contributed by atoms with E-state index in [2.05, 4.69) is 5.32 Å². The summed E-state index contributed by atoms with van der Waals surface area (Å²) in [6.45, 7) is 2.41. The Kier molecular flexibility index (Phi) is 7.05. The molecule has 0 saturated heterocycles. The molecule has 1 N–H and O–H groups in total. The fourth-order valence-corrected chi connectivity index (χ4v) is 5.78. The maximum absolute atomic E-state index is 13.3. The molecule has 1 aliphatic rings. The average Bonchev–Trinajstić information content (AvgIpc) is 2.83. The van der Waals surface area contributed by atoms with E-state index in [0.717, 1.165) is 35.2 Å². The van der Waals surface area contributed by atoms with Crippen molar-refractivity contribution in [2.75, 3.05) is 10.8 Å². The van der Waals surface area contributed by atoms with Gasteiger partial charge in [0.2, 0.25) is 5.91 Å². The van der Waals surface area contributed by atoms with Crippen LogP contribution in [0.25, 0.3) is 0 Å². The number of nitrogens with one attached hydrogen (secondary N) is 1. The molecule has 1 atom stereocenters. The zero-order valence-electron chi connectivity index (χ0n) is 18.5. The summed E-state index contributed by atoms with van der Waals surface area (Å²) < 4.78 is 28.0. The summed E-state index contributed by atoms with van der Waals surface area (Å²) in [5.41, 5.74) is 3.73. The van der Waals surface area contributed by atoms with Gasteiger partial charge in [-0.05, 0) is 73.2 Å². The molecule has 0 fully saturated rings. The second-order valence-corrected chi connectivity index (χ2v) is 10.6. The van der Waals surface area contributed by atoms with Crippen LogP contribution in [0, 0.1) is 0 Å². The van der Waals surface area contributed by atoms with Gasteiger partial charge in [0.15, 0.2) is 0 Å². The molecule has 0 saturated carbocycles. The van der Waals surface area contributed by atoms with Gasteiger partial charge in [0, 0.05) is 18.0 Å². The van der Waals surface area contributed by atoms with Crippen molar-refractivity contribution in [2.24, 2.45) is 0 Å². The predicted octanol–water partition coefficient (Wildman–Crippen LogP) is 5.29. The van der Waals surface area contributed by atoms with Crippen molar-refractivity contribution in [3.8, 4) is 0 Å². The summed E-state index contributed by atoms with van der Waals surface area (Å²) in [5, 5.41) is 3.65. The number of fused-ring (bicyclic) bond motifs is 1. The molecule has 1 aliphatic heterocycles. The Labute approximate surface area is 200 Å². The van der Waals surface area contributed by atoms with Crippen LogP contribution in [-0.2, 0) is 27.7 Å². The lowest BCUT2D eigenvalue weighted by Gasteiger charge is -2.30. The van der Waals surface area contributed by atoms with Gasteiger partial charge in [-0.15, -0.1) is 0 Å². The van der Waals surface area contributed by atoms with E-state index >= 15 is 0 Å². The zero-order valence-corrected chi connectivity index (χ0v) is 20.1. The minimum absolute atomic E-state index is 0.0564. The van der Waals surface area contributed by atoms with Crippen molar-refractivity contribution in [3.63, 3.8) is 0 Å². The quantitative estimate of drug-likeness (QED) is 0.497. The van der Waals surface area contributed by atoms with Crippen molar-refractivity contribution in [3.05, 3.63) is 94.5 Å². The number of aryl methyl sites for hydroxylation is 2. The standard InChI is InChI=1S/C26H27ClN2O3S/c1-19(21-11-13-23(27)14-12-21)28-26(30)17-10-20-8-15-24(16-9-20)33(31,32)29-18-4-6-22-5-2-3-7-25(22)29/h2-3,5,7-9,11-16,19H,4,6,10,17-18H2,1H3,(H,28,30)/t19-/m1/s1. The predicted molar refractivity (Wildman–Crippen MR) is 132 cm³/mol. The Bertz CT molecular complexity index is 1230. The van der Waals surface area contributed by atoms with E-state index in [9.17, 15) is 13.2 Å². The van der Waals surface area contributed by atoms with Crippen LogP contribution in [0.2, 0.25) is 5.02 Å². The Hall–Kier alpha value is -2.83. The van der Waals surface area contributed by atoms with Gasteiger partial charge in [-0.25, -0.2) is 8.42 Å². The monoisotopic (exact) mass is 482 g/mol. The number of hydrogen-bond donors (Lipinski definition) is 1. The third-order valence-electron chi connectivity index (χ3n) is 5.97. The molecule has 33 heavy (non-hydrogen) atoms. The van der Waals surface area contributed by atoms with Gasteiger partial charge in [0.25, 0.3) is 10.0 Å². The summed E-state index contributed by atoms with van der Waals surface area (Å²) in [5.74, 6) is -0.0564. The fraction of sp³-hybridized carbons (Fsp3) is 0.269. The topological polar surface area (TPSA) is 66.5 Å². The van der Waals surface area contributed by atoms with Gasteiger partial charge in [0.1, 0.15) is 0 Å². The highest BCUT2D eigenvalue weighted by Crippen LogP contribution is 2.31. The van der Waals surface area contributed by atoms with Crippen LogP contribution in [-0.4, -0.2) is 20.9 Å². The first-order chi connectivity index (χ1) is 15.8. The lowest BCUT2D eigenvalue weighted by Crippen LogP contribution is -2.35. The van der Waals surface area contributed by atoms with Crippen LogP contribution in [0.15, 0.2) is 77.7 Å². The molecule has 172 valence electrons. The summed E-state index contributed by atoms with van der Waals surface area (Å²) in [4.78, 5) is 12.6.